The number of aromatic nitrogens is 2. The van der Waals surface area contributed by atoms with Crippen LogP contribution in [0, 0.1) is 0 Å². The Labute approximate surface area is 204 Å². The zero-order valence-electron chi connectivity index (χ0n) is 19.7. The molecule has 3 aromatic carbocycles. The molecule has 0 amide bonds. The number of aliphatic imine (C=N–C) groups is 1. The van der Waals surface area contributed by atoms with Gasteiger partial charge < -0.3 is 9.13 Å². The molecule has 0 N–H and O–H groups in total. The summed E-state index contributed by atoms with van der Waals surface area (Å²) in [7, 11) is 2.07. The lowest BCUT2D eigenvalue weighted by Gasteiger charge is -2.05. The smallest absolute Gasteiger partial charge is 0.193 e. The van der Waals surface area contributed by atoms with Gasteiger partial charge in [0.05, 0.1) is 0 Å². The molecular formula is C31H25N3O. The third-order valence-electron chi connectivity index (χ3n) is 6.74. The fourth-order valence-electron chi connectivity index (χ4n) is 4.96. The van der Waals surface area contributed by atoms with Crippen LogP contribution in [0.1, 0.15) is 24.1 Å². The Bertz CT molecular complexity index is 1620. The summed E-state index contributed by atoms with van der Waals surface area (Å²) in [5, 5.41) is 1.19. The largest absolute Gasteiger partial charge is 0.350 e. The van der Waals surface area contributed by atoms with Gasteiger partial charge >= 0.3 is 0 Å². The Balaban J connectivity index is 1.51. The van der Waals surface area contributed by atoms with Gasteiger partial charge in [-0.2, -0.15) is 0 Å². The van der Waals surface area contributed by atoms with Gasteiger partial charge in [0.2, 0.25) is 0 Å². The minimum absolute atomic E-state index is 0.0463. The van der Waals surface area contributed by atoms with Crippen molar-refractivity contribution >= 4 is 28.5 Å². The fraction of sp³-hybridized carbons (Fsp3) is 0.0968. The highest BCUT2D eigenvalue weighted by Crippen LogP contribution is 2.37. The lowest BCUT2D eigenvalue weighted by Crippen LogP contribution is -2.08. The van der Waals surface area contributed by atoms with Gasteiger partial charge in [0.25, 0.3) is 0 Å². The monoisotopic (exact) mass is 455 g/mol. The van der Waals surface area contributed by atoms with E-state index < -0.39 is 6.04 Å². The number of hydrogen-bond acceptors (Lipinski definition) is 2. The van der Waals surface area contributed by atoms with Crippen molar-refractivity contribution in [2.75, 3.05) is 0 Å². The fourth-order valence-corrected chi connectivity index (χ4v) is 4.96. The molecule has 0 radical (unpaired) electrons. The number of ketones is 1. The maximum Gasteiger partial charge on any atom is 0.193 e. The first-order valence-corrected chi connectivity index (χ1v) is 11.8. The van der Waals surface area contributed by atoms with Crippen molar-refractivity contribution in [2.45, 2.75) is 13.0 Å². The Morgan fingerprint density at radius 1 is 0.800 bits per heavy atom. The van der Waals surface area contributed by atoms with Crippen LogP contribution >= 0.6 is 0 Å². The van der Waals surface area contributed by atoms with Crippen LogP contribution in [0.3, 0.4) is 0 Å². The van der Waals surface area contributed by atoms with Crippen molar-refractivity contribution in [3.63, 3.8) is 0 Å². The average Bonchev–Trinajstić information content (AvgIpc) is 3.55. The molecule has 3 heterocycles. The molecule has 0 saturated carbocycles. The molecule has 1 aliphatic rings. The molecule has 170 valence electrons. The maximum absolute atomic E-state index is 13.5. The van der Waals surface area contributed by atoms with Gasteiger partial charge in [0, 0.05) is 70.2 Å². The molecule has 1 atom stereocenters. The summed E-state index contributed by atoms with van der Waals surface area (Å²) in [6, 6.07) is 28.0. The van der Waals surface area contributed by atoms with Crippen LogP contribution in [0.4, 0.5) is 0 Å². The van der Waals surface area contributed by atoms with Crippen LogP contribution in [0.5, 0.6) is 0 Å². The van der Waals surface area contributed by atoms with Gasteiger partial charge in [0.15, 0.2) is 5.78 Å². The molecule has 0 spiro atoms. The van der Waals surface area contributed by atoms with Gasteiger partial charge in [-0.15, -0.1) is 0 Å². The van der Waals surface area contributed by atoms with Gasteiger partial charge in [-0.3, -0.25) is 9.79 Å². The van der Waals surface area contributed by atoms with E-state index in [1.807, 2.05) is 61.5 Å². The molecule has 1 aliphatic heterocycles. The van der Waals surface area contributed by atoms with Gasteiger partial charge in [0.1, 0.15) is 6.04 Å². The Hall–Kier alpha value is -4.44. The second-order valence-corrected chi connectivity index (χ2v) is 8.99. The highest BCUT2D eigenvalue weighted by atomic mass is 16.1. The first-order valence-electron chi connectivity index (χ1n) is 11.8. The van der Waals surface area contributed by atoms with Crippen LogP contribution in [-0.4, -0.2) is 20.6 Å². The van der Waals surface area contributed by atoms with E-state index in [9.17, 15) is 4.79 Å². The molecule has 5 aromatic rings. The summed E-state index contributed by atoms with van der Waals surface area (Å²) in [6.07, 6.45) is 8.45. The molecule has 0 bridgehead atoms. The van der Waals surface area contributed by atoms with Crippen LogP contribution in [-0.2, 0) is 11.8 Å². The summed E-state index contributed by atoms with van der Waals surface area (Å²) in [4.78, 5) is 18.2. The van der Waals surface area contributed by atoms with Crippen molar-refractivity contribution in [3.05, 3.63) is 120 Å². The van der Waals surface area contributed by atoms with E-state index in [0.717, 1.165) is 33.7 Å². The number of fused-ring (bicyclic) bond motifs is 1. The second kappa shape index (κ2) is 8.41. The molecule has 35 heavy (non-hydrogen) atoms. The van der Waals surface area contributed by atoms with Crippen molar-refractivity contribution in [2.24, 2.45) is 12.0 Å². The van der Waals surface area contributed by atoms with Crippen LogP contribution in [0.25, 0.3) is 33.8 Å². The number of nitrogens with zero attached hydrogens (tertiary/aromatic N) is 3. The maximum atomic E-state index is 13.5. The van der Waals surface area contributed by atoms with E-state index >= 15 is 0 Å². The lowest BCUT2D eigenvalue weighted by molar-refractivity contribution is -0.115. The number of rotatable bonds is 4. The van der Waals surface area contributed by atoms with E-state index in [1.54, 1.807) is 0 Å². The van der Waals surface area contributed by atoms with Crippen molar-refractivity contribution in [3.8, 4) is 16.8 Å². The van der Waals surface area contributed by atoms with Crippen molar-refractivity contribution < 1.29 is 4.79 Å². The Kier molecular flexibility index (Phi) is 5.07. The predicted octanol–water partition coefficient (Wildman–Crippen LogP) is 6.80. The Morgan fingerprint density at radius 2 is 1.49 bits per heavy atom. The van der Waals surface area contributed by atoms with E-state index in [1.165, 1.54) is 10.9 Å². The third kappa shape index (κ3) is 3.64. The first kappa shape index (κ1) is 21.1. The Morgan fingerprint density at radius 3 is 2.26 bits per heavy atom. The molecule has 0 aliphatic carbocycles. The summed E-state index contributed by atoms with van der Waals surface area (Å²) >= 11 is 0. The van der Waals surface area contributed by atoms with Gasteiger partial charge in [-0.1, -0.05) is 66.7 Å². The average molecular weight is 456 g/mol. The predicted molar refractivity (Wildman–Crippen MR) is 143 cm³/mol. The topological polar surface area (TPSA) is 39.3 Å². The van der Waals surface area contributed by atoms with E-state index in [0.29, 0.717) is 5.57 Å². The summed E-state index contributed by atoms with van der Waals surface area (Å²) in [6.45, 7) is 1.93. The van der Waals surface area contributed by atoms with Crippen molar-refractivity contribution in [1.82, 2.24) is 9.13 Å². The third-order valence-corrected chi connectivity index (χ3v) is 6.74. The summed E-state index contributed by atoms with van der Waals surface area (Å²) in [5.74, 6) is 0.0463. The summed E-state index contributed by atoms with van der Waals surface area (Å²) < 4.78 is 4.28. The lowest BCUT2D eigenvalue weighted by atomic mass is 9.96. The van der Waals surface area contributed by atoms with E-state index in [4.69, 9.17) is 4.99 Å². The molecule has 4 nitrogen and oxygen atoms in total. The quantitative estimate of drug-likeness (QED) is 0.275. The van der Waals surface area contributed by atoms with Gasteiger partial charge in [-0.05, 0) is 36.8 Å². The normalized spacial score (nSPS) is 16.9. The minimum Gasteiger partial charge on any atom is -0.350 e. The SMILES string of the molecule is CC1=NC(c2ccccc2)C(=O)/C1=C\c1cn(-c2ccccc2)cc1-c1cn(C)c2ccccc12. The minimum atomic E-state index is -0.473. The number of Topliss-reactive ketones (excluding diaryl/α,β-unsaturated/α-hetero) is 1. The number of carbonyl (C=O) groups excluding carboxylic acids is 1. The molecule has 2 aromatic heterocycles. The molecule has 0 fully saturated rings. The zero-order chi connectivity index (χ0) is 23.9. The molecule has 0 saturated heterocycles. The number of benzene rings is 3. The number of hydrogen-bond donors (Lipinski definition) is 0. The van der Waals surface area contributed by atoms with Crippen LogP contribution in [0.15, 0.2) is 114 Å². The molecule has 1 unspecified atom stereocenters. The van der Waals surface area contributed by atoms with Crippen LogP contribution < -0.4 is 0 Å². The number of para-hydroxylation sites is 2. The van der Waals surface area contributed by atoms with E-state index in [2.05, 4.69) is 71.2 Å². The highest BCUT2D eigenvalue weighted by molar-refractivity contribution is 6.30. The highest BCUT2D eigenvalue weighted by Gasteiger charge is 2.31. The summed E-state index contributed by atoms with van der Waals surface area (Å²) in [5.41, 5.74) is 7.85. The van der Waals surface area contributed by atoms with Gasteiger partial charge in [-0.25, -0.2) is 0 Å². The molecule has 4 heteroatoms. The second-order valence-electron chi connectivity index (χ2n) is 8.99. The first-order chi connectivity index (χ1) is 17.1. The van der Waals surface area contributed by atoms with E-state index in [-0.39, 0.29) is 5.78 Å². The number of aryl methyl sites for hydroxylation is 1. The molecule has 6 rings (SSSR count). The van der Waals surface area contributed by atoms with Crippen molar-refractivity contribution in [1.29, 1.82) is 0 Å². The number of carbonyl (C=O) groups is 1. The zero-order valence-corrected chi connectivity index (χ0v) is 19.7. The standard InChI is InChI=1S/C31H25N3O/c1-21-26(31(35)30(32-21)22-11-5-3-6-12-22)17-23-18-34(24-13-7-4-8-14-24)20-27(23)28-19-33(2)29-16-10-9-15-25(28)29/h3-20,30H,1-2H3/b26-17-. The molecular weight excluding hydrogens is 430 g/mol. The van der Waals surface area contributed by atoms with Crippen LogP contribution in [0.2, 0.25) is 0 Å².